The monoisotopic (exact) mass is 337 g/mol. The van der Waals surface area contributed by atoms with Crippen molar-refractivity contribution in [2.45, 2.75) is 6.92 Å². The van der Waals surface area contributed by atoms with Crippen LogP contribution < -0.4 is 0 Å². The minimum absolute atomic E-state index is 0.107. The van der Waals surface area contributed by atoms with Gasteiger partial charge in [-0.15, -0.1) is 0 Å². The number of hydrogen-bond acceptors (Lipinski definition) is 4. The number of carbonyl (C=O) groups is 3. The van der Waals surface area contributed by atoms with Crippen LogP contribution >= 0.6 is 0 Å². The van der Waals surface area contributed by atoms with E-state index in [4.69, 9.17) is 0 Å². The largest absolute Gasteiger partial charge is 0.478 e. The summed E-state index contributed by atoms with van der Waals surface area (Å²) in [6.07, 6.45) is 1.66. The molecule has 0 radical (unpaired) electrons. The van der Waals surface area contributed by atoms with Gasteiger partial charge in [0.2, 0.25) is 5.78 Å². The number of carbonyl (C=O) groups excluding carboxylic acids is 2. The van der Waals surface area contributed by atoms with E-state index in [1.165, 1.54) is 31.4 Å². The Balaban J connectivity index is 2.13. The number of aromatic carboxylic acids is 1. The van der Waals surface area contributed by atoms with Crippen LogP contribution in [0.1, 0.15) is 42.3 Å². The van der Waals surface area contributed by atoms with Crippen LogP contribution in [-0.2, 0) is 4.74 Å². The van der Waals surface area contributed by atoms with Gasteiger partial charge in [-0.3, -0.25) is 4.79 Å². The molecule has 0 aliphatic rings. The number of ether oxygens (including phenoxy) is 1. The van der Waals surface area contributed by atoms with Gasteiger partial charge in [-0.2, -0.15) is 0 Å². The molecule has 1 aromatic carbocycles. The predicted molar refractivity (Wildman–Crippen MR) is 90.3 cm³/mol. The maximum absolute atomic E-state index is 12.9. The number of hydrogen-bond donors (Lipinski definition) is 1. The Morgan fingerprint density at radius 1 is 1.00 bits per heavy atom. The highest BCUT2D eigenvalue weighted by molar-refractivity contribution is 6.13. The van der Waals surface area contributed by atoms with Crippen LogP contribution in [0.25, 0.3) is 5.52 Å². The summed E-state index contributed by atoms with van der Waals surface area (Å²) >= 11 is 0. The summed E-state index contributed by atoms with van der Waals surface area (Å²) < 4.78 is 6.21. The molecule has 2 heterocycles. The van der Waals surface area contributed by atoms with Crippen molar-refractivity contribution >= 4 is 23.2 Å². The third kappa shape index (κ3) is 2.67. The van der Waals surface area contributed by atoms with E-state index < -0.39 is 11.9 Å². The molecule has 0 unspecified atom stereocenters. The van der Waals surface area contributed by atoms with Crippen molar-refractivity contribution in [3.8, 4) is 0 Å². The number of pyridine rings is 1. The molecule has 0 fully saturated rings. The van der Waals surface area contributed by atoms with Gasteiger partial charge in [0, 0.05) is 11.8 Å². The van der Waals surface area contributed by atoms with E-state index in [1.54, 1.807) is 35.7 Å². The summed E-state index contributed by atoms with van der Waals surface area (Å²) in [5.41, 5.74) is 1.95. The van der Waals surface area contributed by atoms with Gasteiger partial charge >= 0.3 is 11.9 Å². The van der Waals surface area contributed by atoms with Crippen molar-refractivity contribution in [1.29, 1.82) is 0 Å². The molecule has 3 rings (SSSR count). The van der Waals surface area contributed by atoms with Crippen molar-refractivity contribution < 1.29 is 24.2 Å². The molecule has 0 bridgehead atoms. The van der Waals surface area contributed by atoms with Crippen LogP contribution in [0.15, 0.2) is 48.7 Å². The molecule has 0 spiro atoms. The van der Waals surface area contributed by atoms with Crippen LogP contribution in [0.5, 0.6) is 0 Å². The molecular formula is C19H15NO5. The Labute approximate surface area is 143 Å². The van der Waals surface area contributed by atoms with Crippen LogP contribution in [0.4, 0.5) is 0 Å². The number of carboxylic acid groups (broad SMARTS) is 1. The SMILES string of the molecule is COC(=O)c1ccc(C(=O)c2c(C)c(C(=O)O)c3ccccn23)cc1. The Morgan fingerprint density at radius 3 is 2.24 bits per heavy atom. The highest BCUT2D eigenvalue weighted by atomic mass is 16.5. The molecule has 0 atom stereocenters. The summed E-state index contributed by atoms with van der Waals surface area (Å²) in [4.78, 5) is 36.0. The first kappa shape index (κ1) is 16.4. The smallest absolute Gasteiger partial charge is 0.338 e. The zero-order valence-electron chi connectivity index (χ0n) is 13.6. The Hall–Kier alpha value is -3.41. The summed E-state index contributed by atoms with van der Waals surface area (Å²) in [6, 6.07) is 11.2. The maximum atomic E-state index is 12.9. The van der Waals surface area contributed by atoms with Gasteiger partial charge in [0.25, 0.3) is 0 Å². The van der Waals surface area contributed by atoms with E-state index in [9.17, 15) is 19.5 Å². The van der Waals surface area contributed by atoms with Crippen molar-refractivity contribution in [3.63, 3.8) is 0 Å². The third-order valence-corrected chi connectivity index (χ3v) is 4.08. The van der Waals surface area contributed by atoms with Crippen LogP contribution in [0, 0.1) is 6.92 Å². The van der Waals surface area contributed by atoms with Crippen molar-refractivity contribution in [2.24, 2.45) is 0 Å². The van der Waals surface area contributed by atoms with E-state index in [0.717, 1.165) is 0 Å². The van der Waals surface area contributed by atoms with E-state index in [2.05, 4.69) is 4.74 Å². The molecule has 126 valence electrons. The lowest BCUT2D eigenvalue weighted by molar-refractivity contribution is 0.0599. The van der Waals surface area contributed by atoms with Gasteiger partial charge in [-0.25, -0.2) is 9.59 Å². The quantitative estimate of drug-likeness (QED) is 0.584. The minimum atomic E-state index is -1.08. The van der Waals surface area contributed by atoms with Crippen molar-refractivity contribution in [3.05, 3.63) is 76.6 Å². The number of aromatic nitrogens is 1. The van der Waals surface area contributed by atoms with E-state index in [0.29, 0.717) is 27.9 Å². The summed E-state index contributed by atoms with van der Waals surface area (Å²) in [5.74, 6) is -1.89. The summed E-state index contributed by atoms with van der Waals surface area (Å²) in [7, 11) is 1.28. The third-order valence-electron chi connectivity index (χ3n) is 4.08. The standard InChI is InChI=1S/C19H15NO5/c1-11-15(18(22)23)14-5-3-4-10-20(14)16(11)17(21)12-6-8-13(9-7-12)19(24)25-2/h3-10H,1-2H3,(H,22,23). The first-order chi connectivity index (χ1) is 12.0. The van der Waals surface area contributed by atoms with E-state index in [-0.39, 0.29) is 11.3 Å². The first-order valence-electron chi connectivity index (χ1n) is 7.51. The normalized spacial score (nSPS) is 10.6. The second-order valence-electron chi connectivity index (χ2n) is 5.51. The molecule has 0 amide bonds. The molecule has 0 saturated carbocycles. The molecule has 0 saturated heterocycles. The van der Waals surface area contributed by atoms with Gasteiger partial charge in [0.15, 0.2) is 0 Å². The molecule has 0 aliphatic carbocycles. The Morgan fingerprint density at radius 2 is 1.64 bits per heavy atom. The fraction of sp³-hybridized carbons (Fsp3) is 0.105. The number of rotatable bonds is 4. The number of ketones is 1. The Kier molecular flexibility index (Phi) is 4.10. The highest BCUT2D eigenvalue weighted by Crippen LogP contribution is 2.25. The molecule has 25 heavy (non-hydrogen) atoms. The topological polar surface area (TPSA) is 85.1 Å². The Bertz CT molecular complexity index is 999. The van der Waals surface area contributed by atoms with Gasteiger partial charge in [-0.05, 0) is 36.8 Å². The number of methoxy groups -OCH3 is 1. The van der Waals surface area contributed by atoms with Crippen molar-refractivity contribution in [2.75, 3.05) is 7.11 Å². The maximum Gasteiger partial charge on any atom is 0.338 e. The van der Waals surface area contributed by atoms with Crippen LogP contribution in [0.3, 0.4) is 0 Å². The van der Waals surface area contributed by atoms with Gasteiger partial charge in [-0.1, -0.05) is 18.2 Å². The van der Waals surface area contributed by atoms with Gasteiger partial charge < -0.3 is 14.2 Å². The number of fused-ring (bicyclic) bond motifs is 1. The molecule has 2 aromatic heterocycles. The molecule has 0 aliphatic heterocycles. The lowest BCUT2D eigenvalue weighted by atomic mass is 10.0. The molecule has 6 nitrogen and oxygen atoms in total. The van der Waals surface area contributed by atoms with Crippen LogP contribution in [0.2, 0.25) is 0 Å². The lowest BCUT2D eigenvalue weighted by Gasteiger charge is -2.05. The molecule has 3 aromatic rings. The number of benzene rings is 1. The van der Waals surface area contributed by atoms with Crippen LogP contribution in [-0.4, -0.2) is 34.3 Å². The van der Waals surface area contributed by atoms with Crippen molar-refractivity contribution in [1.82, 2.24) is 4.40 Å². The van der Waals surface area contributed by atoms with Gasteiger partial charge in [0.1, 0.15) is 0 Å². The average Bonchev–Trinajstić information content (AvgIpc) is 2.92. The lowest BCUT2D eigenvalue weighted by Crippen LogP contribution is -2.08. The minimum Gasteiger partial charge on any atom is -0.478 e. The number of carboxylic acids is 1. The number of esters is 1. The zero-order chi connectivity index (χ0) is 18.1. The van der Waals surface area contributed by atoms with E-state index in [1.807, 2.05) is 0 Å². The molecule has 6 heteroatoms. The fourth-order valence-corrected chi connectivity index (χ4v) is 2.89. The molecule has 1 N–H and O–H groups in total. The summed E-state index contributed by atoms with van der Waals surface area (Å²) in [6.45, 7) is 1.62. The summed E-state index contributed by atoms with van der Waals surface area (Å²) in [5, 5.41) is 9.48. The predicted octanol–water partition coefficient (Wildman–Crippen LogP) is 2.96. The van der Waals surface area contributed by atoms with E-state index >= 15 is 0 Å². The fourth-order valence-electron chi connectivity index (χ4n) is 2.89. The first-order valence-corrected chi connectivity index (χ1v) is 7.51. The second kappa shape index (κ2) is 6.24. The second-order valence-corrected chi connectivity index (χ2v) is 5.51. The average molecular weight is 337 g/mol. The molecular weight excluding hydrogens is 322 g/mol. The number of nitrogens with zero attached hydrogens (tertiary/aromatic N) is 1. The zero-order valence-corrected chi connectivity index (χ0v) is 13.6. The highest BCUT2D eigenvalue weighted by Gasteiger charge is 2.24. The van der Waals surface area contributed by atoms with Gasteiger partial charge in [0.05, 0.1) is 29.4 Å².